The highest BCUT2D eigenvalue weighted by Gasteiger charge is 2.36. The van der Waals surface area contributed by atoms with Crippen molar-refractivity contribution in [2.75, 3.05) is 0 Å². The Kier molecular flexibility index (Phi) is 2.40. The van der Waals surface area contributed by atoms with Crippen LogP contribution in [0.4, 0.5) is 0 Å². The maximum Gasteiger partial charge on any atom is 0.0608 e. The first kappa shape index (κ1) is 8.55. The van der Waals surface area contributed by atoms with Crippen molar-refractivity contribution >= 4 is 0 Å². The predicted octanol–water partition coefficient (Wildman–Crippen LogP) is 2.99. The molecule has 0 saturated carbocycles. The molecular weight excluding hydrogens is 148 g/mol. The third kappa shape index (κ3) is 1.66. The number of hydrogen-bond donors (Lipinski definition) is 0. The zero-order chi connectivity index (χ0) is 8.55. The van der Waals surface area contributed by atoms with Crippen molar-refractivity contribution in [3.05, 3.63) is 0 Å². The predicted molar refractivity (Wildman–Crippen MR) is 50.1 cm³/mol. The van der Waals surface area contributed by atoms with Crippen LogP contribution >= 0.6 is 0 Å². The molecular formula is C11H20O. The van der Waals surface area contributed by atoms with Crippen LogP contribution in [-0.2, 0) is 4.74 Å². The van der Waals surface area contributed by atoms with Gasteiger partial charge in [0.15, 0.2) is 0 Å². The summed E-state index contributed by atoms with van der Waals surface area (Å²) in [6, 6.07) is 0. The molecule has 0 amide bonds. The monoisotopic (exact) mass is 168 g/mol. The van der Waals surface area contributed by atoms with Gasteiger partial charge in [0.2, 0.25) is 0 Å². The first-order valence-electron chi connectivity index (χ1n) is 5.41. The number of hydrogen-bond acceptors (Lipinski definition) is 1. The van der Waals surface area contributed by atoms with Crippen LogP contribution in [0.2, 0.25) is 0 Å². The van der Waals surface area contributed by atoms with Gasteiger partial charge in [0, 0.05) is 0 Å². The van der Waals surface area contributed by atoms with Gasteiger partial charge in [-0.25, -0.2) is 0 Å². The lowest BCUT2D eigenvalue weighted by molar-refractivity contribution is -0.0374. The van der Waals surface area contributed by atoms with Crippen LogP contribution in [-0.4, -0.2) is 12.2 Å². The molecule has 0 aromatic carbocycles. The second-order valence-electron chi connectivity index (χ2n) is 4.84. The van der Waals surface area contributed by atoms with Crippen molar-refractivity contribution in [2.24, 2.45) is 11.8 Å². The molecule has 2 heterocycles. The van der Waals surface area contributed by atoms with Crippen molar-refractivity contribution in [3.63, 3.8) is 0 Å². The lowest BCUT2D eigenvalue weighted by atomic mass is 9.87. The van der Waals surface area contributed by atoms with Crippen LogP contribution in [0, 0.1) is 11.8 Å². The highest BCUT2D eigenvalue weighted by Crippen LogP contribution is 2.38. The van der Waals surface area contributed by atoms with Gasteiger partial charge in [-0.2, -0.15) is 0 Å². The Labute approximate surface area is 75.5 Å². The highest BCUT2D eigenvalue weighted by atomic mass is 16.5. The molecule has 0 spiro atoms. The number of rotatable bonds is 2. The van der Waals surface area contributed by atoms with Crippen LogP contribution in [0.3, 0.4) is 0 Å². The summed E-state index contributed by atoms with van der Waals surface area (Å²) in [6.07, 6.45) is 8.06. The van der Waals surface area contributed by atoms with E-state index in [1.807, 2.05) is 0 Å². The Morgan fingerprint density at radius 3 is 2.67 bits per heavy atom. The number of ether oxygens (including phenoxy) is 1. The molecule has 2 saturated heterocycles. The second-order valence-corrected chi connectivity index (χ2v) is 4.84. The van der Waals surface area contributed by atoms with Crippen molar-refractivity contribution in [2.45, 2.75) is 58.2 Å². The molecule has 2 bridgehead atoms. The van der Waals surface area contributed by atoms with Crippen molar-refractivity contribution in [1.29, 1.82) is 0 Å². The molecule has 1 nitrogen and oxygen atoms in total. The van der Waals surface area contributed by atoms with E-state index >= 15 is 0 Å². The lowest BCUT2D eigenvalue weighted by Gasteiger charge is -2.30. The van der Waals surface area contributed by atoms with Crippen LogP contribution in [0.1, 0.15) is 46.0 Å². The molecule has 0 aliphatic carbocycles. The standard InChI is InChI=1S/C11H20O/c1-8(2)7-9-3-4-10-5-6-11(9)12-10/h8-11H,3-7H2,1-2H3/t9?,10-,11-/m1/s1. The van der Waals surface area contributed by atoms with Crippen LogP contribution in [0.25, 0.3) is 0 Å². The molecule has 0 aromatic heterocycles. The van der Waals surface area contributed by atoms with Crippen molar-refractivity contribution < 1.29 is 4.74 Å². The molecule has 1 heteroatoms. The Morgan fingerprint density at radius 1 is 1.17 bits per heavy atom. The Bertz CT molecular complexity index is 153. The van der Waals surface area contributed by atoms with Crippen molar-refractivity contribution in [1.82, 2.24) is 0 Å². The Balaban J connectivity index is 1.89. The van der Waals surface area contributed by atoms with E-state index in [-0.39, 0.29) is 0 Å². The first-order chi connectivity index (χ1) is 5.75. The van der Waals surface area contributed by atoms with E-state index in [2.05, 4.69) is 13.8 Å². The quantitative estimate of drug-likeness (QED) is 0.616. The summed E-state index contributed by atoms with van der Waals surface area (Å²) in [6.45, 7) is 4.64. The Morgan fingerprint density at radius 2 is 1.92 bits per heavy atom. The average molecular weight is 168 g/mol. The minimum Gasteiger partial charge on any atom is -0.375 e. The van der Waals surface area contributed by atoms with E-state index in [9.17, 15) is 0 Å². The molecule has 1 unspecified atom stereocenters. The molecule has 2 fully saturated rings. The van der Waals surface area contributed by atoms with E-state index in [0.29, 0.717) is 12.2 Å². The summed E-state index contributed by atoms with van der Waals surface area (Å²) >= 11 is 0. The molecule has 12 heavy (non-hydrogen) atoms. The van der Waals surface area contributed by atoms with Crippen molar-refractivity contribution in [3.8, 4) is 0 Å². The van der Waals surface area contributed by atoms with Gasteiger partial charge in [-0.15, -0.1) is 0 Å². The normalized spacial score (nSPS) is 40.8. The van der Waals surface area contributed by atoms with Gasteiger partial charge >= 0.3 is 0 Å². The fourth-order valence-electron chi connectivity index (χ4n) is 2.75. The van der Waals surface area contributed by atoms with Gasteiger partial charge in [-0.3, -0.25) is 0 Å². The van der Waals surface area contributed by atoms with E-state index in [1.54, 1.807) is 0 Å². The van der Waals surface area contributed by atoms with E-state index < -0.39 is 0 Å². The third-order valence-corrected chi connectivity index (χ3v) is 3.30. The molecule has 0 radical (unpaired) electrons. The zero-order valence-electron chi connectivity index (χ0n) is 8.25. The Hall–Kier alpha value is -0.0400. The largest absolute Gasteiger partial charge is 0.375 e. The summed E-state index contributed by atoms with van der Waals surface area (Å²) < 4.78 is 5.91. The minimum absolute atomic E-state index is 0.631. The second kappa shape index (κ2) is 3.37. The summed E-state index contributed by atoms with van der Waals surface area (Å²) in [4.78, 5) is 0. The third-order valence-electron chi connectivity index (χ3n) is 3.30. The molecule has 0 N–H and O–H groups in total. The van der Waals surface area contributed by atoms with Gasteiger partial charge in [-0.1, -0.05) is 13.8 Å². The summed E-state index contributed by atoms with van der Waals surface area (Å²) in [5.41, 5.74) is 0. The molecule has 70 valence electrons. The van der Waals surface area contributed by atoms with E-state index in [4.69, 9.17) is 4.74 Å². The summed E-state index contributed by atoms with van der Waals surface area (Å²) in [5.74, 6) is 1.72. The number of fused-ring (bicyclic) bond motifs is 2. The SMILES string of the molecule is CC(C)CC1CC[C@@H]2CC[C@H]1O2. The fourth-order valence-corrected chi connectivity index (χ4v) is 2.75. The first-order valence-corrected chi connectivity index (χ1v) is 5.41. The fraction of sp³-hybridized carbons (Fsp3) is 1.00. The van der Waals surface area contributed by atoms with Crippen LogP contribution in [0.5, 0.6) is 0 Å². The smallest absolute Gasteiger partial charge is 0.0608 e. The summed E-state index contributed by atoms with van der Waals surface area (Å²) in [5, 5.41) is 0. The maximum absolute atomic E-state index is 5.91. The maximum atomic E-state index is 5.91. The van der Waals surface area contributed by atoms with Crippen LogP contribution < -0.4 is 0 Å². The average Bonchev–Trinajstić information content (AvgIpc) is 2.39. The van der Waals surface area contributed by atoms with E-state index in [0.717, 1.165) is 11.8 Å². The molecule has 2 aliphatic heterocycles. The minimum atomic E-state index is 0.631. The van der Waals surface area contributed by atoms with Gasteiger partial charge in [0.1, 0.15) is 0 Å². The molecule has 2 aliphatic rings. The zero-order valence-corrected chi connectivity index (χ0v) is 8.25. The lowest BCUT2D eigenvalue weighted by Crippen LogP contribution is -2.28. The highest BCUT2D eigenvalue weighted by molar-refractivity contribution is 4.85. The van der Waals surface area contributed by atoms with E-state index in [1.165, 1.54) is 32.1 Å². The van der Waals surface area contributed by atoms with Gasteiger partial charge in [-0.05, 0) is 43.9 Å². The molecule has 3 atom stereocenters. The van der Waals surface area contributed by atoms with Gasteiger partial charge in [0.05, 0.1) is 12.2 Å². The van der Waals surface area contributed by atoms with Crippen LogP contribution in [0.15, 0.2) is 0 Å². The van der Waals surface area contributed by atoms with Gasteiger partial charge < -0.3 is 4.74 Å². The molecule has 2 rings (SSSR count). The topological polar surface area (TPSA) is 9.23 Å². The van der Waals surface area contributed by atoms with Gasteiger partial charge in [0.25, 0.3) is 0 Å². The summed E-state index contributed by atoms with van der Waals surface area (Å²) in [7, 11) is 0. The molecule has 0 aromatic rings.